The van der Waals surface area contributed by atoms with E-state index in [0.717, 1.165) is 0 Å². The van der Waals surface area contributed by atoms with Crippen molar-refractivity contribution in [3.63, 3.8) is 0 Å². The van der Waals surface area contributed by atoms with Crippen LogP contribution in [0.25, 0.3) is 0 Å². The van der Waals surface area contributed by atoms with Crippen LogP contribution >= 0.6 is 0 Å². The standard InChI is InChI=1S/C19H24O8/c1-4-9(25-18(23)8(2)3)5-6-12(20)26-15-10-7-11-14(13(10)17(21)22)19(24)27-16(11)15/h9-11,13-16H,2,4-7H2,1,3H3,(H,21,22). The van der Waals surface area contributed by atoms with Gasteiger partial charge < -0.3 is 19.3 Å². The Kier molecular flexibility index (Phi) is 5.26. The Bertz CT molecular complexity index is 683. The summed E-state index contributed by atoms with van der Waals surface area (Å²) in [5, 5.41) is 9.46. The minimum absolute atomic E-state index is 0.0255. The third kappa shape index (κ3) is 3.44. The van der Waals surface area contributed by atoms with E-state index in [4.69, 9.17) is 14.2 Å². The number of carboxylic acid groups (broad SMARTS) is 1. The van der Waals surface area contributed by atoms with Crippen LogP contribution in [0.5, 0.6) is 0 Å². The Morgan fingerprint density at radius 1 is 1.33 bits per heavy atom. The lowest BCUT2D eigenvalue weighted by Crippen LogP contribution is -2.43. The van der Waals surface area contributed by atoms with Gasteiger partial charge in [-0.1, -0.05) is 13.5 Å². The highest BCUT2D eigenvalue weighted by Gasteiger charge is 2.69. The smallest absolute Gasteiger partial charge is 0.333 e. The molecule has 2 bridgehead atoms. The topological polar surface area (TPSA) is 116 Å². The summed E-state index contributed by atoms with van der Waals surface area (Å²) < 4.78 is 16.1. The van der Waals surface area contributed by atoms with E-state index in [2.05, 4.69) is 6.58 Å². The van der Waals surface area contributed by atoms with Gasteiger partial charge in [-0.3, -0.25) is 14.4 Å². The molecule has 3 rings (SSSR count). The third-order valence-electron chi connectivity index (χ3n) is 5.85. The second-order valence-corrected chi connectivity index (χ2v) is 7.56. The number of hydrogen-bond acceptors (Lipinski definition) is 7. The molecule has 3 fully saturated rings. The predicted molar refractivity (Wildman–Crippen MR) is 90.2 cm³/mol. The molecule has 27 heavy (non-hydrogen) atoms. The summed E-state index contributed by atoms with van der Waals surface area (Å²) in [6, 6.07) is 0. The van der Waals surface area contributed by atoms with Crippen molar-refractivity contribution in [1.82, 2.24) is 0 Å². The minimum atomic E-state index is -1.05. The molecule has 2 saturated carbocycles. The van der Waals surface area contributed by atoms with E-state index in [9.17, 15) is 24.3 Å². The number of carbonyl (C=O) groups excluding carboxylic acids is 3. The van der Waals surface area contributed by atoms with E-state index in [1.54, 1.807) is 6.92 Å². The SMILES string of the molecule is C=C(C)C(=O)OC(CC)CCC(=O)OC1C2CC3C1OC(=O)C3C2C(=O)O. The lowest BCUT2D eigenvalue weighted by atomic mass is 9.78. The maximum absolute atomic E-state index is 12.3. The molecule has 0 amide bonds. The summed E-state index contributed by atoms with van der Waals surface area (Å²) in [7, 11) is 0. The quantitative estimate of drug-likeness (QED) is 0.382. The van der Waals surface area contributed by atoms with Crippen LogP contribution in [0.1, 0.15) is 39.5 Å². The van der Waals surface area contributed by atoms with E-state index in [0.29, 0.717) is 19.3 Å². The van der Waals surface area contributed by atoms with E-state index in [1.807, 2.05) is 6.92 Å². The lowest BCUT2D eigenvalue weighted by molar-refractivity contribution is -0.165. The molecule has 1 heterocycles. The van der Waals surface area contributed by atoms with Crippen LogP contribution in [0.3, 0.4) is 0 Å². The van der Waals surface area contributed by atoms with Gasteiger partial charge in [0, 0.05) is 23.8 Å². The average Bonchev–Trinajstić information content (AvgIpc) is 3.21. The fourth-order valence-corrected chi connectivity index (χ4v) is 4.57. The van der Waals surface area contributed by atoms with Gasteiger partial charge in [0.1, 0.15) is 18.3 Å². The molecule has 0 radical (unpaired) electrons. The van der Waals surface area contributed by atoms with E-state index in [1.165, 1.54) is 0 Å². The number of carbonyl (C=O) groups is 4. The van der Waals surface area contributed by atoms with Crippen molar-refractivity contribution in [3.05, 3.63) is 12.2 Å². The number of ether oxygens (including phenoxy) is 3. The first-order valence-corrected chi connectivity index (χ1v) is 9.23. The molecule has 0 aromatic heterocycles. The number of carboxylic acids is 1. The first-order valence-electron chi connectivity index (χ1n) is 9.23. The van der Waals surface area contributed by atoms with Crippen LogP contribution in [0.15, 0.2) is 12.2 Å². The maximum atomic E-state index is 12.3. The Hall–Kier alpha value is -2.38. The van der Waals surface area contributed by atoms with Crippen molar-refractivity contribution in [3.8, 4) is 0 Å². The van der Waals surface area contributed by atoms with E-state index < -0.39 is 59.9 Å². The maximum Gasteiger partial charge on any atom is 0.333 e. The molecule has 7 unspecified atom stereocenters. The molecule has 148 valence electrons. The highest BCUT2D eigenvalue weighted by Crippen LogP contribution is 2.58. The summed E-state index contributed by atoms with van der Waals surface area (Å²) in [5.41, 5.74) is 0.287. The van der Waals surface area contributed by atoms with Crippen LogP contribution in [-0.2, 0) is 33.4 Å². The summed E-state index contributed by atoms with van der Waals surface area (Å²) in [4.78, 5) is 47.4. The van der Waals surface area contributed by atoms with Crippen molar-refractivity contribution in [2.24, 2.45) is 23.7 Å². The van der Waals surface area contributed by atoms with Crippen LogP contribution < -0.4 is 0 Å². The Labute approximate surface area is 156 Å². The molecular weight excluding hydrogens is 356 g/mol. The monoisotopic (exact) mass is 380 g/mol. The lowest BCUT2D eigenvalue weighted by Gasteiger charge is -2.29. The van der Waals surface area contributed by atoms with Gasteiger partial charge in [0.15, 0.2) is 0 Å². The van der Waals surface area contributed by atoms with Crippen LogP contribution in [0.4, 0.5) is 0 Å². The van der Waals surface area contributed by atoms with E-state index >= 15 is 0 Å². The van der Waals surface area contributed by atoms with Crippen LogP contribution in [0, 0.1) is 23.7 Å². The van der Waals surface area contributed by atoms with Gasteiger partial charge in [-0.15, -0.1) is 0 Å². The van der Waals surface area contributed by atoms with Gasteiger partial charge in [0.05, 0.1) is 11.8 Å². The molecule has 1 N–H and O–H groups in total. The summed E-state index contributed by atoms with van der Waals surface area (Å²) in [6.07, 6.45) is -0.308. The van der Waals surface area contributed by atoms with Crippen molar-refractivity contribution in [2.45, 2.75) is 57.8 Å². The van der Waals surface area contributed by atoms with Crippen molar-refractivity contribution in [1.29, 1.82) is 0 Å². The van der Waals surface area contributed by atoms with Gasteiger partial charge >= 0.3 is 23.9 Å². The van der Waals surface area contributed by atoms with Crippen molar-refractivity contribution >= 4 is 23.9 Å². The molecule has 1 saturated heterocycles. The molecule has 8 heteroatoms. The number of fused-ring (bicyclic) bond motifs is 1. The van der Waals surface area contributed by atoms with Gasteiger partial charge in [-0.05, 0) is 26.2 Å². The van der Waals surface area contributed by atoms with Crippen molar-refractivity contribution < 1.29 is 38.5 Å². The second kappa shape index (κ2) is 7.32. The molecule has 0 aromatic carbocycles. The highest BCUT2D eigenvalue weighted by molar-refractivity contribution is 5.87. The zero-order chi connectivity index (χ0) is 19.9. The first-order chi connectivity index (χ1) is 12.7. The van der Waals surface area contributed by atoms with Gasteiger partial charge in [-0.2, -0.15) is 0 Å². The molecule has 8 nitrogen and oxygen atoms in total. The van der Waals surface area contributed by atoms with Gasteiger partial charge in [0.2, 0.25) is 0 Å². The zero-order valence-corrected chi connectivity index (χ0v) is 15.4. The van der Waals surface area contributed by atoms with Crippen molar-refractivity contribution in [2.75, 3.05) is 0 Å². The summed E-state index contributed by atoms with van der Waals surface area (Å²) in [5.74, 6) is -4.66. The third-order valence-corrected chi connectivity index (χ3v) is 5.85. The predicted octanol–water partition coefficient (Wildman–Crippen LogP) is 1.47. The summed E-state index contributed by atoms with van der Waals surface area (Å²) in [6.45, 7) is 6.91. The largest absolute Gasteiger partial charge is 0.481 e. The zero-order valence-electron chi connectivity index (χ0n) is 15.4. The molecule has 0 aromatic rings. The van der Waals surface area contributed by atoms with Crippen LogP contribution in [0.2, 0.25) is 0 Å². The van der Waals surface area contributed by atoms with Gasteiger partial charge in [-0.25, -0.2) is 4.79 Å². The highest BCUT2D eigenvalue weighted by atomic mass is 16.6. The van der Waals surface area contributed by atoms with Gasteiger partial charge in [0.25, 0.3) is 0 Å². The fraction of sp³-hybridized carbons (Fsp3) is 0.684. The number of esters is 3. The number of aliphatic carboxylic acids is 1. The second-order valence-electron chi connectivity index (χ2n) is 7.56. The Balaban J connectivity index is 1.57. The molecule has 1 aliphatic heterocycles. The molecule has 3 aliphatic rings. The Morgan fingerprint density at radius 2 is 2.04 bits per heavy atom. The first kappa shape index (κ1) is 19.4. The molecule has 2 aliphatic carbocycles. The molecular formula is C19H24O8. The number of hydrogen-bond donors (Lipinski definition) is 1. The molecule has 0 spiro atoms. The normalized spacial score (nSPS) is 34.1. The van der Waals surface area contributed by atoms with Crippen LogP contribution in [-0.4, -0.2) is 47.3 Å². The average molecular weight is 380 g/mol. The fourth-order valence-electron chi connectivity index (χ4n) is 4.57. The minimum Gasteiger partial charge on any atom is -0.481 e. The molecule has 7 atom stereocenters. The Morgan fingerprint density at radius 3 is 2.63 bits per heavy atom. The summed E-state index contributed by atoms with van der Waals surface area (Å²) >= 11 is 0. The number of rotatable bonds is 8. The van der Waals surface area contributed by atoms with E-state index in [-0.39, 0.29) is 17.9 Å².